The van der Waals surface area contributed by atoms with Crippen LogP contribution >= 0.6 is 24.0 Å². The van der Waals surface area contributed by atoms with Gasteiger partial charge in [-0.2, -0.15) is 0 Å². The zero-order chi connectivity index (χ0) is 22.9. The summed E-state index contributed by atoms with van der Waals surface area (Å²) in [7, 11) is 0. The van der Waals surface area contributed by atoms with Crippen LogP contribution in [0.15, 0.2) is 4.99 Å². The van der Waals surface area contributed by atoms with E-state index in [1.54, 1.807) is 9.80 Å². The summed E-state index contributed by atoms with van der Waals surface area (Å²) in [6, 6.07) is 0.232. The fourth-order valence-electron chi connectivity index (χ4n) is 3.65. The molecule has 2 saturated heterocycles. The summed E-state index contributed by atoms with van der Waals surface area (Å²) in [5.74, 6) is 0.462. The van der Waals surface area contributed by atoms with E-state index in [9.17, 15) is 9.59 Å². The van der Waals surface area contributed by atoms with Gasteiger partial charge in [-0.25, -0.2) is 9.59 Å². The molecule has 0 spiro atoms. The molecule has 3 N–H and O–H groups in total. The van der Waals surface area contributed by atoms with Gasteiger partial charge in [-0.05, 0) is 47.0 Å². The summed E-state index contributed by atoms with van der Waals surface area (Å²) in [6.07, 6.45) is 2.10. The predicted molar refractivity (Wildman–Crippen MR) is 136 cm³/mol. The number of likely N-dealkylation sites (tertiary alicyclic amines) is 1. The Morgan fingerprint density at radius 1 is 1.03 bits per heavy atom. The fraction of sp³-hybridized carbons (Fsp3) is 0.857. The Morgan fingerprint density at radius 2 is 1.62 bits per heavy atom. The van der Waals surface area contributed by atoms with Crippen molar-refractivity contribution in [3.63, 3.8) is 0 Å². The Balaban J connectivity index is 0.00000512. The van der Waals surface area contributed by atoms with Crippen LogP contribution < -0.4 is 11.1 Å². The van der Waals surface area contributed by atoms with Crippen LogP contribution in [-0.4, -0.2) is 103 Å². The number of hydrogen-bond acceptors (Lipinski definition) is 6. The maximum atomic E-state index is 12.1. The van der Waals surface area contributed by atoms with E-state index in [0.29, 0.717) is 45.3 Å². The summed E-state index contributed by atoms with van der Waals surface area (Å²) in [4.78, 5) is 34.1. The van der Waals surface area contributed by atoms with E-state index in [-0.39, 0.29) is 42.2 Å². The summed E-state index contributed by atoms with van der Waals surface area (Å²) >= 11 is 0. The van der Waals surface area contributed by atoms with Crippen LogP contribution in [0.2, 0.25) is 0 Å². The SMILES string of the molecule is CCOC(=O)N1CCC(NC(N)=NCCCN2CCN(C(=O)OC(C)(C)C)CC2)CC1.I. The molecule has 2 heterocycles. The molecule has 0 aliphatic carbocycles. The molecule has 0 aromatic heterocycles. The number of piperazine rings is 1. The largest absolute Gasteiger partial charge is 0.450 e. The first-order valence-electron chi connectivity index (χ1n) is 11.4. The number of carbonyl (C=O) groups is 2. The molecule has 11 heteroatoms. The average molecular weight is 569 g/mol. The Morgan fingerprint density at radius 3 is 2.19 bits per heavy atom. The highest BCUT2D eigenvalue weighted by Gasteiger charge is 2.26. The van der Waals surface area contributed by atoms with Crippen molar-refractivity contribution in [1.82, 2.24) is 20.0 Å². The number of halogens is 1. The van der Waals surface area contributed by atoms with E-state index in [1.807, 2.05) is 27.7 Å². The molecule has 186 valence electrons. The molecule has 10 nitrogen and oxygen atoms in total. The van der Waals surface area contributed by atoms with Crippen molar-refractivity contribution in [2.75, 3.05) is 59.0 Å². The summed E-state index contributed by atoms with van der Waals surface area (Å²) in [5.41, 5.74) is 5.57. The van der Waals surface area contributed by atoms with Crippen molar-refractivity contribution in [3.8, 4) is 0 Å². The Labute approximate surface area is 209 Å². The highest BCUT2D eigenvalue weighted by molar-refractivity contribution is 14.0. The van der Waals surface area contributed by atoms with E-state index in [1.165, 1.54) is 0 Å². The number of nitrogens with two attached hydrogens (primary N) is 1. The van der Waals surface area contributed by atoms with E-state index >= 15 is 0 Å². The minimum atomic E-state index is -0.460. The number of rotatable bonds is 6. The minimum Gasteiger partial charge on any atom is -0.450 e. The van der Waals surface area contributed by atoms with Gasteiger partial charge in [0, 0.05) is 58.4 Å². The van der Waals surface area contributed by atoms with Gasteiger partial charge < -0.3 is 30.3 Å². The highest BCUT2D eigenvalue weighted by atomic mass is 127. The molecule has 0 radical (unpaired) electrons. The van der Waals surface area contributed by atoms with Gasteiger partial charge in [0.1, 0.15) is 5.60 Å². The molecular weight excluding hydrogens is 527 g/mol. The lowest BCUT2D eigenvalue weighted by Crippen LogP contribution is -2.50. The number of amides is 2. The second kappa shape index (κ2) is 13.9. The number of piperidine rings is 1. The van der Waals surface area contributed by atoms with Crippen LogP contribution in [0, 0.1) is 0 Å². The van der Waals surface area contributed by atoms with Gasteiger partial charge in [0.25, 0.3) is 0 Å². The molecule has 2 rings (SSSR count). The molecule has 0 saturated carbocycles. The molecule has 2 aliphatic heterocycles. The maximum Gasteiger partial charge on any atom is 0.410 e. The second-order valence-electron chi connectivity index (χ2n) is 9.03. The van der Waals surface area contributed by atoms with Crippen molar-refractivity contribution in [2.24, 2.45) is 10.7 Å². The smallest absolute Gasteiger partial charge is 0.410 e. The van der Waals surface area contributed by atoms with Crippen molar-refractivity contribution in [3.05, 3.63) is 0 Å². The lowest BCUT2D eigenvalue weighted by molar-refractivity contribution is 0.0145. The van der Waals surface area contributed by atoms with Crippen LogP contribution in [0.5, 0.6) is 0 Å². The lowest BCUT2D eigenvalue weighted by Gasteiger charge is -2.35. The molecule has 0 aromatic carbocycles. The first kappa shape index (κ1) is 28.5. The second-order valence-corrected chi connectivity index (χ2v) is 9.03. The van der Waals surface area contributed by atoms with Gasteiger partial charge in [0.15, 0.2) is 5.96 Å². The first-order chi connectivity index (χ1) is 14.7. The zero-order valence-corrected chi connectivity index (χ0v) is 22.3. The van der Waals surface area contributed by atoms with Crippen LogP contribution in [0.1, 0.15) is 47.0 Å². The Bertz CT molecular complexity index is 612. The van der Waals surface area contributed by atoms with Gasteiger partial charge in [-0.3, -0.25) is 9.89 Å². The molecule has 0 atom stereocenters. The Hall–Kier alpha value is -1.50. The van der Waals surface area contributed by atoms with Gasteiger partial charge in [-0.1, -0.05) is 0 Å². The monoisotopic (exact) mass is 568 g/mol. The maximum absolute atomic E-state index is 12.1. The van der Waals surface area contributed by atoms with Crippen LogP contribution in [0.25, 0.3) is 0 Å². The number of nitrogens with zero attached hydrogens (tertiary/aromatic N) is 4. The summed E-state index contributed by atoms with van der Waals surface area (Å²) < 4.78 is 10.5. The van der Waals surface area contributed by atoms with Crippen molar-refractivity contribution in [1.29, 1.82) is 0 Å². The van der Waals surface area contributed by atoms with Crippen LogP contribution in [0.3, 0.4) is 0 Å². The van der Waals surface area contributed by atoms with Crippen LogP contribution in [0.4, 0.5) is 9.59 Å². The fourth-order valence-corrected chi connectivity index (χ4v) is 3.65. The van der Waals surface area contributed by atoms with E-state index in [0.717, 1.165) is 38.9 Å². The van der Waals surface area contributed by atoms with Crippen molar-refractivity contribution < 1.29 is 19.1 Å². The topological polar surface area (TPSA) is 113 Å². The Kier molecular flexibility index (Phi) is 12.4. The number of carbonyl (C=O) groups excluding carboxylic acids is 2. The third-order valence-corrected chi connectivity index (χ3v) is 5.31. The van der Waals surface area contributed by atoms with Gasteiger partial charge in [0.2, 0.25) is 0 Å². The minimum absolute atomic E-state index is 0. The van der Waals surface area contributed by atoms with E-state index < -0.39 is 5.60 Å². The molecule has 0 aromatic rings. The van der Waals surface area contributed by atoms with Crippen LogP contribution in [-0.2, 0) is 9.47 Å². The molecule has 32 heavy (non-hydrogen) atoms. The van der Waals surface area contributed by atoms with Crippen molar-refractivity contribution >= 4 is 42.1 Å². The number of ether oxygens (including phenoxy) is 2. The molecule has 2 fully saturated rings. The predicted octanol–water partition coefficient (Wildman–Crippen LogP) is 2.07. The molecule has 2 aliphatic rings. The number of hydrogen-bond donors (Lipinski definition) is 2. The van der Waals surface area contributed by atoms with E-state index in [4.69, 9.17) is 15.2 Å². The normalized spacial score (nSPS) is 18.7. The van der Waals surface area contributed by atoms with Gasteiger partial charge >= 0.3 is 12.2 Å². The quantitative estimate of drug-likeness (QED) is 0.218. The van der Waals surface area contributed by atoms with Gasteiger partial charge in [0.05, 0.1) is 6.61 Å². The molecule has 0 unspecified atom stereocenters. The lowest BCUT2D eigenvalue weighted by atomic mass is 10.1. The molecule has 2 amide bonds. The van der Waals surface area contributed by atoms with Crippen molar-refractivity contribution in [2.45, 2.75) is 58.6 Å². The third-order valence-electron chi connectivity index (χ3n) is 5.31. The third kappa shape index (κ3) is 10.4. The number of aliphatic imine (C=N–C) groups is 1. The van der Waals surface area contributed by atoms with E-state index in [2.05, 4.69) is 15.2 Å². The molecule has 0 bridgehead atoms. The average Bonchev–Trinajstić information content (AvgIpc) is 2.71. The highest BCUT2D eigenvalue weighted by Crippen LogP contribution is 2.13. The first-order valence-corrected chi connectivity index (χ1v) is 11.4. The standard InChI is InChI=1S/C21H40N6O4.HI/c1-5-30-19(28)26-11-7-17(8-12-26)24-18(22)23-9-6-10-25-13-15-27(16-14-25)20(29)31-21(2,3)4;/h17H,5-16H2,1-4H3,(H3,22,23,24);1H. The number of nitrogens with one attached hydrogen (secondary N) is 1. The van der Waals surface area contributed by atoms with Gasteiger partial charge in [-0.15, -0.1) is 24.0 Å². The molecular formula is C21H41IN6O4. The zero-order valence-electron chi connectivity index (χ0n) is 20.0. The number of guanidine groups is 1. The summed E-state index contributed by atoms with van der Waals surface area (Å²) in [6.45, 7) is 13.8. The summed E-state index contributed by atoms with van der Waals surface area (Å²) in [5, 5.41) is 3.26.